The Hall–Kier alpha value is -2.82. The van der Waals surface area contributed by atoms with Crippen molar-refractivity contribution in [1.82, 2.24) is 9.55 Å². The van der Waals surface area contributed by atoms with Crippen molar-refractivity contribution in [2.45, 2.75) is 64.3 Å². The number of esters is 1. The predicted octanol–water partition coefficient (Wildman–Crippen LogP) is 6.40. The Labute approximate surface area is 190 Å². The van der Waals surface area contributed by atoms with Crippen molar-refractivity contribution < 1.29 is 14.3 Å². The molecule has 0 N–H and O–H groups in total. The summed E-state index contributed by atoms with van der Waals surface area (Å²) in [7, 11) is 1.43. The molecule has 4 rings (SSSR count). The van der Waals surface area contributed by atoms with Crippen molar-refractivity contribution in [3.05, 3.63) is 48.5 Å². The van der Waals surface area contributed by atoms with Crippen LogP contribution in [0.4, 0.5) is 0 Å². The van der Waals surface area contributed by atoms with Crippen LogP contribution in [-0.2, 0) is 16.1 Å². The van der Waals surface area contributed by atoms with Crippen LogP contribution in [0, 0.1) is 5.92 Å². The van der Waals surface area contributed by atoms with Gasteiger partial charge in [0, 0.05) is 24.6 Å². The zero-order valence-electron chi connectivity index (χ0n) is 19.1. The van der Waals surface area contributed by atoms with Gasteiger partial charge in [0.15, 0.2) is 0 Å². The summed E-state index contributed by atoms with van der Waals surface area (Å²) in [4.78, 5) is 16.2. The zero-order valence-corrected chi connectivity index (χ0v) is 19.1. The summed E-state index contributed by atoms with van der Waals surface area (Å²) in [6.45, 7) is 1.67. The fourth-order valence-corrected chi connectivity index (χ4v) is 4.66. The number of fused-ring (bicyclic) bond motifs is 1. The fraction of sp³-hybridized carbons (Fsp3) is 0.481. The molecule has 0 spiro atoms. The molecule has 1 aliphatic carbocycles. The van der Waals surface area contributed by atoms with Gasteiger partial charge in [-0.05, 0) is 50.2 Å². The normalized spacial score (nSPS) is 14.5. The molecule has 0 unspecified atom stereocenters. The average molecular weight is 435 g/mol. The lowest BCUT2D eigenvalue weighted by atomic mass is 9.89. The number of carbonyl (C=O) groups excluding carboxylic acids is 1. The third-order valence-electron chi connectivity index (χ3n) is 6.44. The predicted molar refractivity (Wildman–Crippen MR) is 128 cm³/mol. The molecule has 5 nitrogen and oxygen atoms in total. The van der Waals surface area contributed by atoms with E-state index < -0.39 is 0 Å². The van der Waals surface area contributed by atoms with E-state index in [1.54, 1.807) is 0 Å². The average Bonchev–Trinajstić information content (AvgIpc) is 3.19. The molecule has 0 bridgehead atoms. The lowest BCUT2D eigenvalue weighted by Crippen LogP contribution is -2.14. The van der Waals surface area contributed by atoms with Gasteiger partial charge in [0.25, 0.3) is 0 Å². The number of hydrogen-bond donors (Lipinski definition) is 0. The maximum absolute atomic E-state index is 11.2. The Bertz CT molecular complexity index is 1010. The van der Waals surface area contributed by atoms with E-state index >= 15 is 0 Å². The van der Waals surface area contributed by atoms with Crippen LogP contribution in [0.1, 0.15) is 57.8 Å². The molecule has 1 saturated carbocycles. The Morgan fingerprint density at radius 2 is 1.84 bits per heavy atom. The van der Waals surface area contributed by atoms with Crippen molar-refractivity contribution in [3.63, 3.8) is 0 Å². The second-order valence-electron chi connectivity index (χ2n) is 8.80. The van der Waals surface area contributed by atoms with Crippen LogP contribution in [0.2, 0.25) is 0 Å². The lowest BCUT2D eigenvalue weighted by Gasteiger charge is -2.23. The highest BCUT2D eigenvalue weighted by Gasteiger charge is 2.19. The zero-order chi connectivity index (χ0) is 22.2. The number of nitrogens with zero attached hydrogens (tertiary/aromatic N) is 2. The van der Waals surface area contributed by atoms with Gasteiger partial charge in [0.1, 0.15) is 11.6 Å². The van der Waals surface area contributed by atoms with Crippen LogP contribution in [0.25, 0.3) is 22.4 Å². The Morgan fingerprint density at radius 1 is 1.03 bits per heavy atom. The second kappa shape index (κ2) is 11.2. The molecule has 0 atom stereocenters. The molecule has 170 valence electrons. The SMILES string of the molecule is COC(=O)CCCCCOc1ccc2c(c1)nc(-c1ccccc1)n2CC1CCCCC1. The van der Waals surface area contributed by atoms with E-state index in [-0.39, 0.29) is 5.97 Å². The van der Waals surface area contributed by atoms with Gasteiger partial charge in [-0.15, -0.1) is 0 Å². The number of carbonyl (C=O) groups is 1. The molecular weight excluding hydrogens is 400 g/mol. The standard InChI is InChI=1S/C27H34N2O3/c1-31-26(30)15-9-4-10-18-32-23-16-17-25-24(19-23)28-27(22-13-7-3-8-14-22)29(25)20-21-11-5-2-6-12-21/h3,7-8,13-14,16-17,19,21H,2,4-6,9-12,15,18,20H2,1H3. The minimum Gasteiger partial charge on any atom is -0.494 e. The van der Waals surface area contributed by atoms with Crippen LogP contribution < -0.4 is 4.74 Å². The Kier molecular flexibility index (Phi) is 7.81. The van der Waals surface area contributed by atoms with Gasteiger partial charge in [-0.3, -0.25) is 4.79 Å². The monoisotopic (exact) mass is 434 g/mol. The van der Waals surface area contributed by atoms with Gasteiger partial charge >= 0.3 is 5.97 Å². The highest BCUT2D eigenvalue weighted by atomic mass is 16.5. The first-order valence-electron chi connectivity index (χ1n) is 12.0. The highest BCUT2D eigenvalue weighted by molar-refractivity contribution is 5.82. The molecule has 5 heteroatoms. The van der Waals surface area contributed by atoms with E-state index in [9.17, 15) is 4.79 Å². The molecule has 0 aliphatic heterocycles. The molecule has 32 heavy (non-hydrogen) atoms. The second-order valence-corrected chi connectivity index (χ2v) is 8.80. The minimum absolute atomic E-state index is 0.144. The summed E-state index contributed by atoms with van der Waals surface area (Å²) in [6.07, 6.45) is 9.85. The highest BCUT2D eigenvalue weighted by Crippen LogP contribution is 2.32. The molecule has 0 amide bonds. The van der Waals surface area contributed by atoms with Crippen molar-refractivity contribution >= 4 is 17.0 Å². The molecular formula is C27H34N2O3. The maximum Gasteiger partial charge on any atom is 0.305 e. The number of methoxy groups -OCH3 is 1. The number of benzene rings is 2. The van der Waals surface area contributed by atoms with Gasteiger partial charge in [-0.1, -0.05) is 49.6 Å². The van der Waals surface area contributed by atoms with E-state index in [0.717, 1.165) is 54.4 Å². The summed E-state index contributed by atoms with van der Waals surface area (Å²) in [5.74, 6) is 2.48. The van der Waals surface area contributed by atoms with Crippen molar-refractivity contribution in [2.75, 3.05) is 13.7 Å². The summed E-state index contributed by atoms with van der Waals surface area (Å²) in [5.41, 5.74) is 3.33. The smallest absolute Gasteiger partial charge is 0.305 e. The van der Waals surface area contributed by atoms with E-state index in [2.05, 4.69) is 57.8 Å². The largest absolute Gasteiger partial charge is 0.494 e. The summed E-state index contributed by atoms with van der Waals surface area (Å²) < 4.78 is 13.1. The molecule has 1 aromatic heterocycles. The maximum atomic E-state index is 11.2. The number of imidazole rings is 1. The summed E-state index contributed by atoms with van der Waals surface area (Å²) >= 11 is 0. The minimum atomic E-state index is -0.144. The topological polar surface area (TPSA) is 53.4 Å². The molecule has 2 aromatic carbocycles. The molecule has 3 aromatic rings. The van der Waals surface area contributed by atoms with Gasteiger partial charge < -0.3 is 14.0 Å². The number of hydrogen-bond acceptors (Lipinski definition) is 4. The first-order valence-corrected chi connectivity index (χ1v) is 12.0. The number of ether oxygens (including phenoxy) is 2. The van der Waals surface area contributed by atoms with Crippen molar-refractivity contribution in [3.8, 4) is 17.1 Å². The lowest BCUT2D eigenvalue weighted by molar-refractivity contribution is -0.140. The molecule has 0 saturated heterocycles. The first-order chi connectivity index (χ1) is 15.7. The van der Waals surface area contributed by atoms with Crippen LogP contribution in [0.15, 0.2) is 48.5 Å². The first kappa shape index (κ1) is 22.4. The van der Waals surface area contributed by atoms with Gasteiger partial charge in [0.2, 0.25) is 0 Å². The Balaban J connectivity index is 1.47. The molecule has 1 fully saturated rings. The number of aromatic nitrogens is 2. The van der Waals surface area contributed by atoms with Crippen molar-refractivity contribution in [1.29, 1.82) is 0 Å². The van der Waals surface area contributed by atoms with E-state index in [0.29, 0.717) is 13.0 Å². The Morgan fingerprint density at radius 3 is 2.62 bits per heavy atom. The van der Waals surface area contributed by atoms with Crippen LogP contribution in [0.5, 0.6) is 5.75 Å². The van der Waals surface area contributed by atoms with Crippen LogP contribution in [-0.4, -0.2) is 29.2 Å². The number of rotatable bonds is 10. The summed E-state index contributed by atoms with van der Waals surface area (Å²) in [5, 5.41) is 0. The molecule has 1 heterocycles. The van der Waals surface area contributed by atoms with Crippen molar-refractivity contribution in [2.24, 2.45) is 5.92 Å². The number of unbranched alkanes of at least 4 members (excludes halogenated alkanes) is 2. The molecule has 0 radical (unpaired) electrons. The third-order valence-corrected chi connectivity index (χ3v) is 6.44. The van der Waals surface area contributed by atoms with E-state index in [1.165, 1.54) is 44.7 Å². The molecule has 1 aliphatic rings. The van der Waals surface area contributed by atoms with Crippen LogP contribution >= 0.6 is 0 Å². The third kappa shape index (κ3) is 5.70. The summed E-state index contributed by atoms with van der Waals surface area (Å²) in [6, 6.07) is 16.8. The van der Waals surface area contributed by atoms with Crippen LogP contribution in [0.3, 0.4) is 0 Å². The van der Waals surface area contributed by atoms with E-state index in [4.69, 9.17) is 9.72 Å². The van der Waals surface area contributed by atoms with Gasteiger partial charge in [-0.25, -0.2) is 4.98 Å². The quantitative estimate of drug-likeness (QED) is 0.274. The van der Waals surface area contributed by atoms with Gasteiger partial charge in [-0.2, -0.15) is 0 Å². The van der Waals surface area contributed by atoms with Gasteiger partial charge in [0.05, 0.1) is 24.8 Å². The van der Waals surface area contributed by atoms with E-state index in [1.807, 2.05) is 0 Å². The fourth-order valence-electron chi connectivity index (χ4n) is 4.66.